The van der Waals surface area contributed by atoms with Crippen molar-refractivity contribution >= 4 is 45.0 Å². The average molecular weight is 544 g/mol. The number of hydrogen-bond donors (Lipinski definition) is 2. The monoisotopic (exact) mass is 543 g/mol. The summed E-state index contributed by atoms with van der Waals surface area (Å²) in [4.78, 5) is 29.6. The second kappa shape index (κ2) is 10.4. The van der Waals surface area contributed by atoms with Crippen LogP contribution in [0.4, 0.5) is 0 Å². The molecule has 0 fully saturated rings. The van der Waals surface area contributed by atoms with Gasteiger partial charge in [0.2, 0.25) is 5.78 Å². The van der Waals surface area contributed by atoms with Gasteiger partial charge >= 0.3 is 0 Å². The summed E-state index contributed by atoms with van der Waals surface area (Å²) in [5, 5.41) is 13.2. The largest absolute Gasteiger partial charge is 0.485 e. The van der Waals surface area contributed by atoms with Gasteiger partial charge in [-0.05, 0) is 73.2 Å². The molecule has 0 aliphatic carbocycles. The highest BCUT2D eigenvalue weighted by molar-refractivity contribution is 6.31. The number of hydrogen-bond acceptors (Lipinski definition) is 6. The highest BCUT2D eigenvalue weighted by atomic mass is 35.5. The molecule has 0 bridgehead atoms. The number of primary amides is 1. The zero-order valence-corrected chi connectivity index (χ0v) is 22.1. The number of aliphatic hydroxyl groups is 1. The van der Waals surface area contributed by atoms with Crippen LogP contribution >= 0.6 is 11.6 Å². The van der Waals surface area contributed by atoms with E-state index in [0.29, 0.717) is 33.0 Å². The van der Waals surface area contributed by atoms with Crippen molar-refractivity contribution in [3.05, 3.63) is 95.4 Å². The quantitative estimate of drug-likeness (QED) is 0.228. The average Bonchev–Trinajstić information content (AvgIpc) is 3.23. The summed E-state index contributed by atoms with van der Waals surface area (Å²) in [5.41, 5.74) is 5.83. The summed E-state index contributed by atoms with van der Waals surface area (Å²) < 4.78 is 13.6. The predicted molar refractivity (Wildman–Crippen MR) is 150 cm³/mol. The van der Waals surface area contributed by atoms with E-state index in [-0.39, 0.29) is 30.2 Å². The van der Waals surface area contributed by atoms with Crippen molar-refractivity contribution in [2.75, 3.05) is 6.61 Å². The molecule has 2 aromatic heterocycles. The Morgan fingerprint density at radius 1 is 1.03 bits per heavy atom. The second-order valence-electron chi connectivity index (χ2n) is 9.87. The van der Waals surface area contributed by atoms with E-state index >= 15 is 0 Å². The molecule has 198 valence electrons. The van der Waals surface area contributed by atoms with Crippen molar-refractivity contribution in [2.24, 2.45) is 5.73 Å². The summed E-state index contributed by atoms with van der Waals surface area (Å²) in [6.45, 7) is 3.30. The van der Waals surface area contributed by atoms with Crippen LogP contribution in [0.3, 0.4) is 0 Å². The standard InChI is InChI=1S/C30H26ClN3O5/c1-30(2,37)17-34-15-25(23-8-7-21(13-26(23)34)39-22-4-3-9-33-14-22)27(35)16-38-28-12-18-5-6-20(31)10-19(18)11-24(28)29(32)36/h3-15,37H,16-17H2,1-2H3,(H2,32,36). The van der Waals surface area contributed by atoms with Gasteiger partial charge in [0.25, 0.3) is 5.91 Å². The van der Waals surface area contributed by atoms with Gasteiger partial charge < -0.3 is 24.9 Å². The molecule has 5 rings (SSSR count). The van der Waals surface area contributed by atoms with Crippen molar-refractivity contribution in [1.29, 1.82) is 0 Å². The minimum atomic E-state index is -1.03. The molecule has 0 aliphatic heterocycles. The van der Waals surface area contributed by atoms with E-state index in [9.17, 15) is 14.7 Å². The van der Waals surface area contributed by atoms with Crippen LogP contribution in [0.15, 0.2) is 79.3 Å². The zero-order valence-electron chi connectivity index (χ0n) is 21.3. The van der Waals surface area contributed by atoms with Crippen molar-refractivity contribution in [2.45, 2.75) is 26.0 Å². The number of nitrogens with zero attached hydrogens (tertiary/aromatic N) is 2. The molecule has 0 radical (unpaired) electrons. The van der Waals surface area contributed by atoms with E-state index in [0.717, 1.165) is 10.8 Å². The Morgan fingerprint density at radius 2 is 1.85 bits per heavy atom. The molecule has 0 spiro atoms. The maximum absolute atomic E-state index is 13.4. The lowest BCUT2D eigenvalue weighted by molar-refractivity contribution is 0.0626. The van der Waals surface area contributed by atoms with Gasteiger partial charge in [0, 0.05) is 34.4 Å². The molecular formula is C30H26ClN3O5. The minimum absolute atomic E-state index is 0.152. The van der Waals surface area contributed by atoms with Crippen LogP contribution < -0.4 is 15.2 Å². The fourth-order valence-corrected chi connectivity index (χ4v) is 4.61. The molecule has 5 aromatic rings. The number of aromatic nitrogens is 2. The number of carbonyl (C=O) groups is 2. The Bertz CT molecular complexity index is 1710. The second-order valence-corrected chi connectivity index (χ2v) is 10.3. The molecular weight excluding hydrogens is 518 g/mol. The van der Waals surface area contributed by atoms with E-state index in [4.69, 9.17) is 26.8 Å². The van der Waals surface area contributed by atoms with E-state index in [1.165, 1.54) is 0 Å². The SMILES string of the molecule is CC(C)(O)Cn1cc(C(=O)COc2cc3ccc(Cl)cc3cc2C(N)=O)c2ccc(Oc3cccnc3)cc21. The third kappa shape index (κ3) is 5.87. The molecule has 0 saturated heterocycles. The molecule has 0 aliphatic rings. The van der Waals surface area contributed by atoms with Gasteiger partial charge in [0.1, 0.15) is 17.2 Å². The van der Waals surface area contributed by atoms with Crippen LogP contribution in [0, 0.1) is 0 Å². The van der Waals surface area contributed by atoms with E-state index in [2.05, 4.69) is 4.98 Å². The number of ketones is 1. The number of fused-ring (bicyclic) bond motifs is 2. The first-order chi connectivity index (χ1) is 18.6. The first kappa shape index (κ1) is 26.2. The summed E-state index contributed by atoms with van der Waals surface area (Å²) in [6.07, 6.45) is 4.96. The normalized spacial score (nSPS) is 11.6. The Morgan fingerprint density at radius 3 is 2.56 bits per heavy atom. The Kier molecular flexibility index (Phi) is 6.99. The number of amides is 1. The summed E-state index contributed by atoms with van der Waals surface area (Å²) in [7, 11) is 0. The number of nitrogens with two attached hydrogens (primary N) is 1. The number of benzene rings is 3. The maximum atomic E-state index is 13.4. The third-order valence-corrected chi connectivity index (χ3v) is 6.34. The first-order valence-electron chi connectivity index (χ1n) is 12.2. The van der Waals surface area contributed by atoms with Crippen LogP contribution in [0.25, 0.3) is 21.7 Å². The molecule has 9 heteroatoms. The highest BCUT2D eigenvalue weighted by Gasteiger charge is 2.22. The van der Waals surface area contributed by atoms with Gasteiger partial charge in [-0.2, -0.15) is 0 Å². The number of pyridine rings is 1. The molecule has 2 heterocycles. The lowest BCUT2D eigenvalue weighted by Gasteiger charge is -2.18. The summed E-state index contributed by atoms with van der Waals surface area (Å²) >= 11 is 6.08. The van der Waals surface area contributed by atoms with Crippen molar-refractivity contribution in [3.63, 3.8) is 0 Å². The molecule has 39 heavy (non-hydrogen) atoms. The number of Topliss-reactive ketones (excluding diaryl/α,β-unsaturated/α-hetero) is 1. The summed E-state index contributed by atoms with van der Waals surface area (Å²) in [6, 6.07) is 17.5. The van der Waals surface area contributed by atoms with Gasteiger partial charge in [-0.25, -0.2) is 0 Å². The van der Waals surface area contributed by atoms with Crippen LogP contribution in [-0.4, -0.2) is 38.6 Å². The molecule has 3 N–H and O–H groups in total. The van der Waals surface area contributed by atoms with Crippen LogP contribution in [0.2, 0.25) is 5.02 Å². The maximum Gasteiger partial charge on any atom is 0.252 e. The zero-order chi connectivity index (χ0) is 27.7. The van der Waals surface area contributed by atoms with Gasteiger partial charge in [0.05, 0.1) is 29.4 Å². The Labute approximate surface area is 229 Å². The van der Waals surface area contributed by atoms with E-state index < -0.39 is 11.5 Å². The Hall–Kier alpha value is -4.40. The summed E-state index contributed by atoms with van der Waals surface area (Å²) in [5.74, 6) is 0.357. The number of carbonyl (C=O) groups excluding carboxylic acids is 2. The fraction of sp³-hybridized carbons (Fsp3) is 0.167. The number of ether oxygens (including phenoxy) is 2. The van der Waals surface area contributed by atoms with Gasteiger partial charge in [-0.1, -0.05) is 17.7 Å². The lowest BCUT2D eigenvalue weighted by Crippen LogP contribution is -2.25. The van der Waals surface area contributed by atoms with Gasteiger partial charge in [-0.3, -0.25) is 14.6 Å². The molecule has 3 aromatic carbocycles. The molecule has 0 unspecified atom stereocenters. The third-order valence-electron chi connectivity index (χ3n) is 6.11. The van der Waals surface area contributed by atoms with E-state index in [1.54, 1.807) is 87.0 Å². The van der Waals surface area contributed by atoms with Crippen molar-refractivity contribution < 1.29 is 24.2 Å². The molecule has 8 nitrogen and oxygen atoms in total. The minimum Gasteiger partial charge on any atom is -0.485 e. The number of halogens is 1. The highest BCUT2D eigenvalue weighted by Crippen LogP contribution is 2.31. The van der Waals surface area contributed by atoms with Gasteiger partial charge in [0.15, 0.2) is 6.61 Å². The van der Waals surface area contributed by atoms with Crippen LogP contribution in [0.1, 0.15) is 34.6 Å². The first-order valence-corrected chi connectivity index (χ1v) is 12.6. The van der Waals surface area contributed by atoms with E-state index in [1.807, 2.05) is 10.6 Å². The van der Waals surface area contributed by atoms with Crippen molar-refractivity contribution in [3.8, 4) is 17.2 Å². The smallest absolute Gasteiger partial charge is 0.252 e. The number of rotatable bonds is 9. The topological polar surface area (TPSA) is 117 Å². The molecule has 1 amide bonds. The van der Waals surface area contributed by atoms with Crippen molar-refractivity contribution in [1.82, 2.24) is 9.55 Å². The fourth-order valence-electron chi connectivity index (χ4n) is 4.43. The molecule has 0 atom stereocenters. The lowest BCUT2D eigenvalue weighted by atomic mass is 10.1. The van der Waals surface area contributed by atoms with Crippen LogP contribution in [-0.2, 0) is 6.54 Å². The predicted octanol–water partition coefficient (Wildman–Crippen LogP) is 5.77. The molecule has 0 saturated carbocycles. The Balaban J connectivity index is 1.46. The van der Waals surface area contributed by atoms with Gasteiger partial charge in [-0.15, -0.1) is 0 Å². The van der Waals surface area contributed by atoms with Crippen LogP contribution in [0.5, 0.6) is 17.2 Å².